The van der Waals surface area contributed by atoms with Gasteiger partial charge in [0.25, 0.3) is 16.4 Å². The molecular formula is C23H19BrF2N4O3S2. The van der Waals surface area contributed by atoms with Gasteiger partial charge in [-0.2, -0.15) is 18.8 Å². The fraction of sp³-hybridized carbons (Fsp3) is 0.174. The van der Waals surface area contributed by atoms with Crippen LogP contribution in [-0.2, 0) is 15.8 Å². The Morgan fingerprint density at radius 3 is 2.60 bits per heavy atom. The first-order chi connectivity index (χ1) is 16.6. The number of thioether (sulfide) groups is 1. The molecule has 182 valence electrons. The lowest BCUT2D eigenvalue weighted by atomic mass is 10.1. The summed E-state index contributed by atoms with van der Waals surface area (Å²) in [5.74, 6) is 0.800. The molecule has 3 aromatic rings. The van der Waals surface area contributed by atoms with E-state index in [9.17, 15) is 22.5 Å². The number of aryl methyl sites for hydroxylation is 1. The number of hydrazone groups is 1. The van der Waals surface area contributed by atoms with Gasteiger partial charge in [-0.15, -0.1) is 11.8 Å². The van der Waals surface area contributed by atoms with Crippen LogP contribution in [0.25, 0.3) is 0 Å². The number of aromatic nitrogens is 1. The van der Waals surface area contributed by atoms with E-state index in [2.05, 4.69) is 30.8 Å². The molecule has 0 saturated carbocycles. The molecular weight excluding hydrogens is 562 g/mol. The molecule has 7 nitrogen and oxygen atoms in total. The van der Waals surface area contributed by atoms with Gasteiger partial charge in [0.2, 0.25) is 0 Å². The number of rotatable bonds is 9. The largest absolute Gasteiger partial charge is 0.496 e. The summed E-state index contributed by atoms with van der Waals surface area (Å²) in [5, 5.41) is 13.5. The summed E-state index contributed by atoms with van der Waals surface area (Å²) in [6, 6.07) is 14.4. The van der Waals surface area contributed by atoms with Crippen LogP contribution in [0.4, 0.5) is 8.78 Å². The molecule has 0 aliphatic carbocycles. The zero-order chi connectivity index (χ0) is 25.6. The number of ether oxygens (including phenoxy) is 1. The molecule has 0 amide bonds. The quantitative estimate of drug-likeness (QED) is 0.201. The number of alkyl halides is 2. The van der Waals surface area contributed by atoms with E-state index in [0.29, 0.717) is 22.4 Å². The maximum absolute atomic E-state index is 13.2. The molecule has 0 aliphatic heterocycles. The van der Waals surface area contributed by atoms with E-state index in [1.807, 2.05) is 6.07 Å². The van der Waals surface area contributed by atoms with Crippen molar-refractivity contribution in [3.8, 4) is 11.8 Å². The molecule has 1 heterocycles. The minimum absolute atomic E-state index is 0.0618. The van der Waals surface area contributed by atoms with Crippen LogP contribution in [0.1, 0.15) is 34.4 Å². The summed E-state index contributed by atoms with van der Waals surface area (Å²) in [6.07, 6.45) is -1.42. The first-order valence-corrected chi connectivity index (χ1v) is 13.2. The van der Waals surface area contributed by atoms with Crippen molar-refractivity contribution in [1.29, 1.82) is 5.26 Å². The summed E-state index contributed by atoms with van der Waals surface area (Å²) < 4.78 is 57.2. The lowest BCUT2D eigenvalue weighted by Gasteiger charge is -2.12. The minimum Gasteiger partial charge on any atom is -0.496 e. The second kappa shape index (κ2) is 11.6. The summed E-state index contributed by atoms with van der Waals surface area (Å²) in [6.45, 7) is 1.59. The summed E-state index contributed by atoms with van der Waals surface area (Å²) in [4.78, 5) is 6.17. The Kier molecular flexibility index (Phi) is 8.82. The summed E-state index contributed by atoms with van der Waals surface area (Å²) in [7, 11) is -2.35. The van der Waals surface area contributed by atoms with Gasteiger partial charge in [-0.05, 0) is 66.6 Å². The monoisotopic (exact) mass is 580 g/mol. The molecule has 1 aromatic heterocycles. The smallest absolute Gasteiger partial charge is 0.280 e. The van der Waals surface area contributed by atoms with Crippen molar-refractivity contribution in [2.75, 3.05) is 7.11 Å². The fourth-order valence-corrected chi connectivity index (χ4v) is 5.09. The topological polar surface area (TPSA) is 104 Å². The van der Waals surface area contributed by atoms with Gasteiger partial charge in [0.05, 0.1) is 23.8 Å². The van der Waals surface area contributed by atoms with Gasteiger partial charge in [-0.25, -0.2) is 18.6 Å². The molecule has 0 aliphatic rings. The number of benzene rings is 2. The van der Waals surface area contributed by atoms with Crippen LogP contribution >= 0.6 is 27.7 Å². The average molecular weight is 581 g/mol. The van der Waals surface area contributed by atoms with E-state index >= 15 is 0 Å². The fourth-order valence-electron chi connectivity index (χ4n) is 2.99. The van der Waals surface area contributed by atoms with Crippen LogP contribution in [0.5, 0.6) is 5.75 Å². The highest BCUT2D eigenvalue weighted by Crippen LogP contribution is 2.32. The maximum Gasteiger partial charge on any atom is 0.280 e. The highest BCUT2D eigenvalue weighted by Gasteiger charge is 2.17. The number of nitrogens with one attached hydrogen (secondary N) is 1. The van der Waals surface area contributed by atoms with Gasteiger partial charge in [0.15, 0.2) is 0 Å². The van der Waals surface area contributed by atoms with Crippen LogP contribution in [0, 0.1) is 18.3 Å². The zero-order valence-corrected chi connectivity index (χ0v) is 21.7. The molecule has 0 radical (unpaired) electrons. The Labute approximate surface area is 214 Å². The van der Waals surface area contributed by atoms with Gasteiger partial charge in [-0.1, -0.05) is 15.9 Å². The highest BCUT2D eigenvalue weighted by molar-refractivity contribution is 9.10. The van der Waals surface area contributed by atoms with Crippen LogP contribution < -0.4 is 9.57 Å². The molecule has 0 unspecified atom stereocenters. The zero-order valence-electron chi connectivity index (χ0n) is 18.5. The van der Waals surface area contributed by atoms with Crippen molar-refractivity contribution < 1.29 is 21.9 Å². The second-order valence-electron chi connectivity index (χ2n) is 7.12. The normalized spacial score (nSPS) is 11.6. The Morgan fingerprint density at radius 1 is 1.26 bits per heavy atom. The lowest BCUT2D eigenvalue weighted by Crippen LogP contribution is -2.18. The van der Waals surface area contributed by atoms with E-state index in [1.165, 1.54) is 31.5 Å². The van der Waals surface area contributed by atoms with E-state index in [1.54, 1.807) is 37.3 Å². The Hall–Kier alpha value is -3.01. The van der Waals surface area contributed by atoms with Crippen molar-refractivity contribution in [2.24, 2.45) is 5.10 Å². The van der Waals surface area contributed by atoms with Gasteiger partial charge in [-0.3, -0.25) is 0 Å². The third-order valence-corrected chi connectivity index (χ3v) is 7.51. The Morgan fingerprint density at radius 2 is 1.97 bits per heavy atom. The van der Waals surface area contributed by atoms with E-state index in [0.717, 1.165) is 16.2 Å². The molecule has 0 spiro atoms. The molecule has 0 atom stereocenters. The van der Waals surface area contributed by atoms with E-state index in [-0.39, 0.29) is 21.2 Å². The molecule has 2 aromatic carbocycles. The molecule has 0 bridgehead atoms. The Balaban J connectivity index is 1.80. The number of halogens is 3. The van der Waals surface area contributed by atoms with E-state index in [4.69, 9.17) is 4.74 Å². The van der Waals surface area contributed by atoms with Crippen molar-refractivity contribution in [2.45, 2.75) is 29.0 Å². The number of hydrogen-bond acceptors (Lipinski definition) is 7. The highest BCUT2D eigenvalue weighted by atomic mass is 79.9. The average Bonchev–Trinajstić information content (AvgIpc) is 2.82. The van der Waals surface area contributed by atoms with Crippen molar-refractivity contribution >= 4 is 43.9 Å². The lowest BCUT2D eigenvalue weighted by molar-refractivity contribution is 0.145. The van der Waals surface area contributed by atoms with Crippen molar-refractivity contribution in [3.63, 3.8) is 0 Å². The number of nitriles is 1. The van der Waals surface area contributed by atoms with Gasteiger partial charge in [0.1, 0.15) is 22.5 Å². The third kappa shape index (κ3) is 6.78. The van der Waals surface area contributed by atoms with Gasteiger partial charge in [0, 0.05) is 15.8 Å². The number of hydrogen-bond donors (Lipinski definition) is 1. The van der Waals surface area contributed by atoms with Crippen LogP contribution in [0.2, 0.25) is 0 Å². The maximum atomic E-state index is 13.2. The molecule has 0 fully saturated rings. The SMILES string of the molecule is COc1ccc(/C=N\NS(=O)(=O)c2ccc(Br)cc2)cc1CSc1nc(C(F)F)cc(C)c1C#N. The van der Waals surface area contributed by atoms with Gasteiger partial charge < -0.3 is 4.74 Å². The predicted octanol–water partition coefficient (Wildman–Crippen LogP) is 5.58. The first-order valence-electron chi connectivity index (χ1n) is 9.94. The van der Waals surface area contributed by atoms with Crippen molar-refractivity contribution in [1.82, 2.24) is 9.82 Å². The standard InChI is InChI=1S/C23H19BrF2N4O3S2/c1-14-9-20(22(25)26)29-23(19(14)11-27)34-13-16-10-15(3-8-21(16)33-2)12-28-30-35(31,32)18-6-4-17(24)5-7-18/h3-10,12,22,30H,13H2,1-2H3/b28-12-. The molecule has 3 rings (SSSR count). The van der Waals surface area contributed by atoms with Crippen molar-refractivity contribution in [3.05, 3.63) is 81.0 Å². The minimum atomic E-state index is -3.84. The summed E-state index contributed by atoms with van der Waals surface area (Å²) in [5.41, 5.74) is 1.52. The van der Waals surface area contributed by atoms with Crippen LogP contribution in [0.15, 0.2) is 68.0 Å². The predicted molar refractivity (Wildman–Crippen MR) is 133 cm³/mol. The van der Waals surface area contributed by atoms with Crippen LogP contribution in [-0.4, -0.2) is 26.7 Å². The molecule has 35 heavy (non-hydrogen) atoms. The second-order valence-corrected chi connectivity index (χ2v) is 10.7. The number of nitrogens with zero attached hydrogens (tertiary/aromatic N) is 3. The molecule has 1 N–H and O–H groups in total. The molecule has 12 heteroatoms. The van der Waals surface area contributed by atoms with E-state index < -0.39 is 22.1 Å². The number of sulfonamides is 1. The number of pyridine rings is 1. The summed E-state index contributed by atoms with van der Waals surface area (Å²) >= 11 is 4.38. The Bertz CT molecular complexity index is 1390. The van der Waals surface area contributed by atoms with Gasteiger partial charge >= 0.3 is 0 Å². The number of methoxy groups -OCH3 is 1. The molecule has 0 saturated heterocycles. The van der Waals surface area contributed by atoms with Crippen LogP contribution in [0.3, 0.4) is 0 Å². The third-order valence-electron chi connectivity index (χ3n) is 4.72. The first kappa shape index (κ1) is 26.6.